The number of rotatable bonds is 52. The highest BCUT2D eigenvalue weighted by atomic mass is 16.7. The molecule has 0 spiro atoms. The van der Waals surface area contributed by atoms with Crippen LogP contribution < -0.4 is 0 Å². The zero-order valence-corrected chi connectivity index (χ0v) is 45.9. The molecule has 0 aliphatic carbocycles. The average molecular weight is 984 g/mol. The molecule has 2 unspecified atom stereocenters. The summed E-state index contributed by atoms with van der Waals surface area (Å²) in [6.45, 7) is 4.73. The Kier molecular flexibility index (Phi) is 49.6. The molecular formula is C61H108NO8+. The fourth-order valence-electron chi connectivity index (χ4n) is 7.84. The smallest absolute Gasteiger partial charge is 0.361 e. The van der Waals surface area contributed by atoms with Gasteiger partial charge < -0.3 is 28.5 Å². The lowest BCUT2D eigenvalue weighted by atomic mass is 10.0. The van der Waals surface area contributed by atoms with Crippen LogP contribution in [0.1, 0.15) is 239 Å². The van der Waals surface area contributed by atoms with Gasteiger partial charge in [-0.3, -0.25) is 9.59 Å². The van der Waals surface area contributed by atoms with E-state index >= 15 is 0 Å². The molecule has 0 aliphatic rings. The number of hydrogen-bond donors (Lipinski definition) is 1. The first-order valence-electron chi connectivity index (χ1n) is 28.6. The molecular weight excluding hydrogens is 875 g/mol. The minimum atomic E-state index is -1.51. The fourth-order valence-corrected chi connectivity index (χ4v) is 7.84. The van der Waals surface area contributed by atoms with Gasteiger partial charge in [0.25, 0.3) is 6.29 Å². The number of unbranched alkanes of at least 4 members (excludes halogenated alkanes) is 25. The van der Waals surface area contributed by atoms with Crippen LogP contribution in [0.15, 0.2) is 72.9 Å². The van der Waals surface area contributed by atoms with Gasteiger partial charge in [-0.1, -0.05) is 234 Å². The van der Waals surface area contributed by atoms with Crippen LogP contribution in [0.4, 0.5) is 0 Å². The largest absolute Gasteiger partial charge is 0.477 e. The SMILES string of the molecule is CC/C=C\C/C=C\C/C=C\C/C=C\C/C=C\C/C=C\CCCCCCCCCCCCCCCCCCCCC(=O)OC(COC(=O)CCCCCCCCCC)COC(OCC[N+](C)(C)C)C(=O)O. The molecule has 1 N–H and O–H groups in total. The predicted molar refractivity (Wildman–Crippen MR) is 295 cm³/mol. The Morgan fingerprint density at radius 1 is 0.443 bits per heavy atom. The average Bonchev–Trinajstić information content (AvgIpc) is 3.33. The van der Waals surface area contributed by atoms with Crippen LogP contribution in [0.3, 0.4) is 0 Å². The molecule has 0 saturated heterocycles. The summed E-state index contributed by atoms with van der Waals surface area (Å²) in [6, 6.07) is 0. The molecule has 0 aromatic rings. The van der Waals surface area contributed by atoms with Gasteiger partial charge in [-0.05, 0) is 64.2 Å². The van der Waals surface area contributed by atoms with E-state index in [1.54, 1.807) is 0 Å². The molecule has 0 amide bonds. The van der Waals surface area contributed by atoms with Gasteiger partial charge in [0, 0.05) is 12.8 Å². The second kappa shape index (κ2) is 52.1. The number of aliphatic carboxylic acids is 1. The molecule has 0 bridgehead atoms. The summed E-state index contributed by atoms with van der Waals surface area (Å²) >= 11 is 0. The summed E-state index contributed by atoms with van der Waals surface area (Å²) in [6.07, 6.45) is 64.5. The monoisotopic (exact) mass is 983 g/mol. The third-order valence-electron chi connectivity index (χ3n) is 12.2. The maximum absolute atomic E-state index is 12.8. The highest BCUT2D eigenvalue weighted by molar-refractivity contribution is 5.71. The zero-order valence-electron chi connectivity index (χ0n) is 45.9. The molecule has 0 aromatic carbocycles. The maximum atomic E-state index is 12.8. The van der Waals surface area contributed by atoms with Crippen molar-refractivity contribution in [2.24, 2.45) is 0 Å². The van der Waals surface area contributed by atoms with Crippen LogP contribution in [-0.4, -0.2) is 87.4 Å². The van der Waals surface area contributed by atoms with Crippen LogP contribution >= 0.6 is 0 Å². The third kappa shape index (κ3) is 52.6. The van der Waals surface area contributed by atoms with Crippen LogP contribution in [-0.2, 0) is 33.3 Å². The first-order chi connectivity index (χ1) is 34.1. The fraction of sp³-hybridized carbons (Fsp3) is 0.754. The molecule has 0 heterocycles. The molecule has 0 saturated carbocycles. The summed E-state index contributed by atoms with van der Waals surface area (Å²) in [5.74, 6) is -2.00. The van der Waals surface area contributed by atoms with E-state index in [0.29, 0.717) is 17.4 Å². The lowest BCUT2D eigenvalue weighted by Crippen LogP contribution is -2.40. The summed E-state index contributed by atoms with van der Waals surface area (Å²) in [7, 11) is 5.96. The zero-order chi connectivity index (χ0) is 51.3. The van der Waals surface area contributed by atoms with Crippen molar-refractivity contribution in [1.29, 1.82) is 0 Å². The summed E-state index contributed by atoms with van der Waals surface area (Å²) in [5.41, 5.74) is 0. The predicted octanol–water partition coefficient (Wildman–Crippen LogP) is 16.6. The van der Waals surface area contributed by atoms with Crippen molar-refractivity contribution in [2.45, 2.75) is 251 Å². The molecule has 0 aliphatic heterocycles. The van der Waals surface area contributed by atoms with Crippen LogP contribution in [0.25, 0.3) is 0 Å². The van der Waals surface area contributed by atoms with Crippen LogP contribution in [0.5, 0.6) is 0 Å². The number of carboxylic acids is 1. The molecule has 9 heteroatoms. The number of quaternary nitrogens is 1. The van der Waals surface area contributed by atoms with Crippen LogP contribution in [0, 0.1) is 0 Å². The highest BCUT2D eigenvalue weighted by Gasteiger charge is 2.25. The highest BCUT2D eigenvalue weighted by Crippen LogP contribution is 2.16. The van der Waals surface area contributed by atoms with Gasteiger partial charge in [-0.25, -0.2) is 4.79 Å². The normalized spacial score (nSPS) is 13.3. The van der Waals surface area contributed by atoms with Gasteiger partial charge >= 0.3 is 17.9 Å². The van der Waals surface area contributed by atoms with Gasteiger partial charge in [-0.2, -0.15) is 0 Å². The van der Waals surface area contributed by atoms with E-state index in [1.807, 2.05) is 21.1 Å². The van der Waals surface area contributed by atoms with E-state index in [0.717, 1.165) is 77.0 Å². The first kappa shape index (κ1) is 66.7. The molecule has 404 valence electrons. The van der Waals surface area contributed by atoms with E-state index in [4.69, 9.17) is 18.9 Å². The van der Waals surface area contributed by atoms with Crippen molar-refractivity contribution in [3.8, 4) is 0 Å². The molecule has 0 aromatic heterocycles. The second-order valence-electron chi connectivity index (χ2n) is 20.2. The van der Waals surface area contributed by atoms with E-state index in [2.05, 4.69) is 86.8 Å². The van der Waals surface area contributed by atoms with Gasteiger partial charge in [-0.15, -0.1) is 0 Å². The number of hydrogen-bond acceptors (Lipinski definition) is 7. The lowest BCUT2D eigenvalue weighted by Gasteiger charge is -2.25. The number of nitrogens with zero attached hydrogens (tertiary/aromatic N) is 1. The molecule has 0 radical (unpaired) electrons. The van der Waals surface area contributed by atoms with Crippen molar-refractivity contribution in [3.05, 3.63) is 72.9 Å². The lowest BCUT2D eigenvalue weighted by molar-refractivity contribution is -0.870. The van der Waals surface area contributed by atoms with Gasteiger partial charge in [0.1, 0.15) is 13.2 Å². The summed E-state index contributed by atoms with van der Waals surface area (Å²) in [5, 5.41) is 9.65. The number of likely N-dealkylation sites (N-methyl/N-ethyl adjacent to an activating group) is 1. The molecule has 2 atom stereocenters. The van der Waals surface area contributed by atoms with Gasteiger partial charge in [0.2, 0.25) is 0 Å². The Bertz CT molecular complexity index is 1380. The topological polar surface area (TPSA) is 108 Å². The first-order valence-corrected chi connectivity index (χ1v) is 28.6. The second-order valence-corrected chi connectivity index (χ2v) is 20.2. The summed E-state index contributed by atoms with van der Waals surface area (Å²) in [4.78, 5) is 37.1. The van der Waals surface area contributed by atoms with E-state index in [1.165, 1.54) is 135 Å². The summed E-state index contributed by atoms with van der Waals surface area (Å²) < 4.78 is 22.7. The molecule has 0 rings (SSSR count). The van der Waals surface area contributed by atoms with Crippen molar-refractivity contribution >= 4 is 17.9 Å². The molecule has 70 heavy (non-hydrogen) atoms. The van der Waals surface area contributed by atoms with E-state index < -0.39 is 24.3 Å². The number of carboxylic acid groups (broad SMARTS) is 1. The Labute approximate surface area is 430 Å². The Morgan fingerprint density at radius 3 is 1.21 bits per heavy atom. The number of carbonyl (C=O) groups is 3. The molecule has 9 nitrogen and oxygen atoms in total. The van der Waals surface area contributed by atoms with Gasteiger partial charge in [0.15, 0.2) is 6.10 Å². The Balaban J connectivity index is 3.95. The van der Waals surface area contributed by atoms with Crippen molar-refractivity contribution < 1.29 is 42.9 Å². The van der Waals surface area contributed by atoms with Gasteiger partial charge in [0.05, 0.1) is 34.4 Å². The number of carbonyl (C=O) groups excluding carboxylic acids is 2. The minimum absolute atomic E-state index is 0.180. The quantitative estimate of drug-likeness (QED) is 0.0211. The third-order valence-corrected chi connectivity index (χ3v) is 12.2. The number of ether oxygens (including phenoxy) is 4. The standard InChI is InChI=1S/C61H107NO8/c1-6-8-10-12-14-16-17-18-19-20-21-22-23-24-25-26-27-28-29-30-31-32-33-34-35-36-37-38-39-40-41-42-43-44-46-48-50-52-59(64)70-57(56-69-61(60(65)66)67-54-53-62(3,4)5)55-68-58(63)51-49-47-45-15-13-11-9-7-2/h8,10,14,16,18-19,21-22,24-25,27-28,57,61H,6-7,9,11-13,15,17,20,23,26,29-56H2,1-5H3/p+1/b10-8-,16-14-,19-18-,22-21-,25-24-,28-27-. The van der Waals surface area contributed by atoms with E-state index in [9.17, 15) is 19.5 Å². The van der Waals surface area contributed by atoms with Crippen molar-refractivity contribution in [1.82, 2.24) is 0 Å². The number of allylic oxidation sites excluding steroid dienone is 12. The molecule has 0 fully saturated rings. The van der Waals surface area contributed by atoms with Crippen molar-refractivity contribution in [2.75, 3.05) is 47.5 Å². The van der Waals surface area contributed by atoms with E-state index in [-0.39, 0.29) is 32.2 Å². The minimum Gasteiger partial charge on any atom is -0.477 e. The van der Waals surface area contributed by atoms with Crippen molar-refractivity contribution in [3.63, 3.8) is 0 Å². The Hall–Kier alpha value is -3.27. The Morgan fingerprint density at radius 2 is 0.814 bits per heavy atom. The number of esters is 2. The maximum Gasteiger partial charge on any atom is 0.361 e. The van der Waals surface area contributed by atoms with Crippen LogP contribution in [0.2, 0.25) is 0 Å².